The van der Waals surface area contributed by atoms with Crippen molar-refractivity contribution < 1.29 is 14.5 Å². The van der Waals surface area contributed by atoms with Crippen molar-refractivity contribution in [2.45, 2.75) is 25.6 Å². The van der Waals surface area contributed by atoms with Gasteiger partial charge in [-0.2, -0.15) is 0 Å². The van der Waals surface area contributed by atoms with Gasteiger partial charge < -0.3 is 9.64 Å². The highest BCUT2D eigenvalue weighted by atomic mass is 16.6. The number of hydrogen-bond donors (Lipinski definition) is 1. The molecule has 0 aromatic heterocycles. The van der Waals surface area contributed by atoms with Crippen LogP contribution in [0, 0.1) is 10.1 Å². The zero-order valence-electron chi connectivity index (χ0n) is 18.7. The Balaban J connectivity index is 1.12. The summed E-state index contributed by atoms with van der Waals surface area (Å²) in [4.78, 5) is 27.4. The smallest absolute Gasteiger partial charge is 0.411 e. The quantitative estimate of drug-likeness (QED) is 0.429. The van der Waals surface area contributed by atoms with E-state index in [1.165, 1.54) is 11.1 Å². The van der Waals surface area contributed by atoms with Crippen LogP contribution < -0.4 is 10.2 Å². The van der Waals surface area contributed by atoms with Crippen LogP contribution in [0.4, 0.5) is 21.9 Å². The number of non-ortho nitro benzene ring substituents is 1. The van der Waals surface area contributed by atoms with Crippen molar-refractivity contribution in [2.75, 3.05) is 29.9 Å². The maximum Gasteiger partial charge on any atom is 0.411 e. The first kappa shape index (κ1) is 21.9. The molecule has 34 heavy (non-hydrogen) atoms. The number of amides is 1. The third-order valence-corrected chi connectivity index (χ3v) is 6.51. The molecular formula is C26H26N4O4. The van der Waals surface area contributed by atoms with E-state index in [9.17, 15) is 14.9 Å². The minimum atomic E-state index is -0.456. The van der Waals surface area contributed by atoms with Crippen LogP contribution >= 0.6 is 0 Å². The molecule has 0 atom stereocenters. The summed E-state index contributed by atoms with van der Waals surface area (Å²) >= 11 is 0. The Hall–Kier alpha value is -3.91. The number of carbonyl (C=O) groups is 1. The van der Waals surface area contributed by atoms with E-state index in [0.717, 1.165) is 49.5 Å². The third-order valence-electron chi connectivity index (χ3n) is 6.51. The van der Waals surface area contributed by atoms with Gasteiger partial charge in [0.15, 0.2) is 0 Å². The number of hydrogen-bond acceptors (Lipinski definition) is 6. The lowest BCUT2D eigenvalue weighted by Gasteiger charge is -2.48. The van der Waals surface area contributed by atoms with Crippen molar-refractivity contribution in [1.29, 1.82) is 0 Å². The number of anilines is 2. The van der Waals surface area contributed by atoms with Crippen molar-refractivity contribution in [3.05, 3.63) is 99.6 Å². The van der Waals surface area contributed by atoms with Gasteiger partial charge in [-0.3, -0.25) is 20.3 Å². The fourth-order valence-corrected chi connectivity index (χ4v) is 4.52. The lowest BCUT2D eigenvalue weighted by atomic mass is 9.95. The average molecular weight is 459 g/mol. The van der Waals surface area contributed by atoms with E-state index in [0.29, 0.717) is 6.04 Å². The maximum atomic E-state index is 12.2. The first-order valence-electron chi connectivity index (χ1n) is 11.4. The van der Waals surface area contributed by atoms with E-state index in [1.54, 1.807) is 12.1 Å². The minimum absolute atomic E-state index is 0.117. The van der Waals surface area contributed by atoms with Crippen molar-refractivity contribution in [3.63, 3.8) is 0 Å². The second-order valence-electron chi connectivity index (χ2n) is 8.72. The van der Waals surface area contributed by atoms with Gasteiger partial charge in [0, 0.05) is 55.7 Å². The summed E-state index contributed by atoms with van der Waals surface area (Å²) in [6.45, 7) is 3.92. The summed E-state index contributed by atoms with van der Waals surface area (Å²) in [5.41, 5.74) is 5.37. The number of fused-ring (bicyclic) bond motifs is 1. The van der Waals surface area contributed by atoms with Crippen molar-refractivity contribution >= 4 is 23.2 Å². The van der Waals surface area contributed by atoms with Gasteiger partial charge in [0.1, 0.15) is 6.61 Å². The summed E-state index contributed by atoms with van der Waals surface area (Å²) in [5, 5.41) is 13.7. The van der Waals surface area contributed by atoms with Crippen LogP contribution in [0.25, 0.3) is 0 Å². The molecule has 1 saturated heterocycles. The molecule has 1 fully saturated rings. The fourth-order valence-electron chi connectivity index (χ4n) is 4.52. The Labute approximate surface area is 197 Å². The molecule has 0 spiro atoms. The number of nitro benzene ring substituents is 1. The van der Waals surface area contributed by atoms with Crippen LogP contribution in [-0.2, 0) is 24.3 Å². The summed E-state index contributed by atoms with van der Waals surface area (Å²) in [5.74, 6) is 0. The monoisotopic (exact) mass is 458 g/mol. The molecular weight excluding hydrogens is 432 g/mol. The van der Waals surface area contributed by atoms with Crippen molar-refractivity contribution in [1.82, 2.24) is 4.90 Å². The van der Waals surface area contributed by atoms with Gasteiger partial charge in [0.25, 0.3) is 5.69 Å². The van der Waals surface area contributed by atoms with E-state index in [2.05, 4.69) is 21.2 Å². The molecule has 8 heteroatoms. The van der Waals surface area contributed by atoms with E-state index >= 15 is 0 Å². The molecule has 2 aliphatic heterocycles. The number of carbonyl (C=O) groups excluding carboxylic acids is 1. The summed E-state index contributed by atoms with van der Waals surface area (Å²) in [7, 11) is 0. The van der Waals surface area contributed by atoms with E-state index in [-0.39, 0.29) is 17.2 Å². The highest BCUT2D eigenvalue weighted by Gasteiger charge is 2.33. The highest BCUT2D eigenvalue weighted by Crippen LogP contribution is 2.30. The molecule has 1 N–H and O–H groups in total. The number of benzene rings is 3. The lowest BCUT2D eigenvalue weighted by molar-refractivity contribution is -0.384. The van der Waals surface area contributed by atoms with Crippen molar-refractivity contribution in [2.24, 2.45) is 0 Å². The topological polar surface area (TPSA) is 88.0 Å². The van der Waals surface area contributed by atoms with E-state index in [4.69, 9.17) is 4.74 Å². The Morgan fingerprint density at radius 1 is 1.03 bits per heavy atom. The first-order chi connectivity index (χ1) is 16.5. The molecule has 1 amide bonds. The number of nitro groups is 1. The van der Waals surface area contributed by atoms with Gasteiger partial charge >= 0.3 is 6.09 Å². The fraction of sp³-hybridized carbons (Fsp3) is 0.269. The molecule has 3 aromatic rings. The Morgan fingerprint density at radius 3 is 2.53 bits per heavy atom. The second-order valence-corrected chi connectivity index (χ2v) is 8.72. The molecule has 5 rings (SSSR count). The number of ether oxygens (including phenoxy) is 1. The van der Waals surface area contributed by atoms with Gasteiger partial charge in [-0.05, 0) is 47.4 Å². The van der Waals surface area contributed by atoms with Crippen LogP contribution in [-0.4, -0.2) is 41.6 Å². The molecule has 0 bridgehead atoms. The minimum Gasteiger partial charge on any atom is -0.444 e. The average Bonchev–Trinajstić information content (AvgIpc) is 2.83. The maximum absolute atomic E-state index is 12.2. The molecule has 3 aromatic carbocycles. The molecule has 0 aliphatic carbocycles. The van der Waals surface area contributed by atoms with Gasteiger partial charge in [0.2, 0.25) is 0 Å². The molecule has 0 unspecified atom stereocenters. The molecule has 2 heterocycles. The van der Waals surface area contributed by atoms with E-state index in [1.807, 2.05) is 54.6 Å². The second kappa shape index (κ2) is 9.52. The Bertz CT molecular complexity index is 1180. The van der Waals surface area contributed by atoms with Crippen LogP contribution in [0.3, 0.4) is 0 Å². The molecule has 0 radical (unpaired) electrons. The van der Waals surface area contributed by atoms with E-state index < -0.39 is 6.09 Å². The Morgan fingerprint density at radius 2 is 1.79 bits per heavy atom. The lowest BCUT2D eigenvalue weighted by Crippen LogP contribution is -2.60. The predicted molar refractivity (Wildman–Crippen MR) is 130 cm³/mol. The summed E-state index contributed by atoms with van der Waals surface area (Å²) < 4.78 is 5.32. The van der Waals surface area contributed by atoms with Gasteiger partial charge in [-0.15, -0.1) is 0 Å². The summed E-state index contributed by atoms with van der Waals surface area (Å²) in [6.07, 6.45) is 0.472. The highest BCUT2D eigenvalue weighted by molar-refractivity contribution is 5.84. The van der Waals surface area contributed by atoms with Crippen LogP contribution in [0.15, 0.2) is 72.8 Å². The SMILES string of the molecule is O=C(Nc1ccc2c(c1)CCN(C1CN(c3ccc([N+](=O)[O-])cc3)C1)C2)OCc1ccccc1. The first-order valence-corrected chi connectivity index (χ1v) is 11.4. The number of nitrogens with zero attached hydrogens (tertiary/aromatic N) is 3. The van der Waals surface area contributed by atoms with Gasteiger partial charge in [-0.1, -0.05) is 36.4 Å². The van der Waals surface area contributed by atoms with Gasteiger partial charge in [-0.25, -0.2) is 4.79 Å². The third kappa shape index (κ3) is 4.87. The molecule has 174 valence electrons. The Kier molecular flexibility index (Phi) is 6.14. The summed E-state index contributed by atoms with van der Waals surface area (Å²) in [6, 6.07) is 22.9. The largest absolute Gasteiger partial charge is 0.444 e. The normalized spacial score (nSPS) is 15.8. The van der Waals surface area contributed by atoms with Gasteiger partial charge in [0.05, 0.1) is 4.92 Å². The molecule has 8 nitrogen and oxygen atoms in total. The standard InChI is InChI=1S/C26H26N4O4/c31-26(34-18-19-4-2-1-3-5-19)27-22-7-6-21-15-28(13-12-20(21)14-22)25-16-29(17-25)23-8-10-24(11-9-23)30(32)33/h1-11,14,25H,12-13,15-18H2,(H,27,31). The number of rotatable bonds is 6. The predicted octanol–water partition coefficient (Wildman–Crippen LogP) is 4.59. The van der Waals surface area contributed by atoms with Crippen LogP contribution in [0.2, 0.25) is 0 Å². The van der Waals surface area contributed by atoms with Crippen LogP contribution in [0.1, 0.15) is 16.7 Å². The van der Waals surface area contributed by atoms with Crippen LogP contribution in [0.5, 0.6) is 0 Å². The molecule has 0 saturated carbocycles. The number of nitrogens with one attached hydrogen (secondary N) is 1. The zero-order valence-corrected chi connectivity index (χ0v) is 18.7. The molecule has 2 aliphatic rings. The zero-order chi connectivity index (χ0) is 23.5. The van der Waals surface area contributed by atoms with Crippen molar-refractivity contribution in [3.8, 4) is 0 Å².